The largest absolute Gasteiger partial charge is 0.379 e. The van der Waals surface area contributed by atoms with Crippen molar-refractivity contribution in [2.24, 2.45) is 4.99 Å². The zero-order valence-corrected chi connectivity index (χ0v) is 20.6. The Morgan fingerprint density at radius 3 is 2.35 bits per heavy atom. The summed E-state index contributed by atoms with van der Waals surface area (Å²) >= 11 is 0. The van der Waals surface area contributed by atoms with Gasteiger partial charge in [0.25, 0.3) is 0 Å². The normalized spacial score (nSPS) is 17.6. The lowest BCUT2D eigenvalue weighted by Gasteiger charge is -2.30. The van der Waals surface area contributed by atoms with Crippen LogP contribution in [0.15, 0.2) is 65.7 Å². The molecule has 166 valence electrons. The van der Waals surface area contributed by atoms with Crippen molar-refractivity contribution in [3.8, 4) is 0 Å². The van der Waals surface area contributed by atoms with Crippen molar-refractivity contribution < 1.29 is 4.74 Å². The standard InChI is InChI=1S/C25H32N4O.HI/c1-26-25(29-13-11-22(12-14-29)21-7-3-2-4-8-21)27-19-23-9-5-6-10-24(23)20-28-15-17-30-18-16-28;/h2-11H,12-20H2,1H3,(H,26,27);1H. The fourth-order valence-corrected chi connectivity index (χ4v) is 4.17. The number of nitrogens with one attached hydrogen (secondary N) is 1. The third-order valence-corrected chi connectivity index (χ3v) is 5.92. The first-order chi connectivity index (χ1) is 14.8. The second-order valence-electron chi connectivity index (χ2n) is 7.85. The SMILES string of the molecule is CN=C(NCc1ccccc1CN1CCOCC1)N1CC=C(c2ccccc2)CC1.I. The molecule has 2 aromatic rings. The van der Waals surface area contributed by atoms with Gasteiger partial charge in [0.15, 0.2) is 5.96 Å². The lowest BCUT2D eigenvalue weighted by atomic mass is 10.00. The van der Waals surface area contributed by atoms with Gasteiger partial charge < -0.3 is 15.0 Å². The first-order valence-electron chi connectivity index (χ1n) is 10.9. The van der Waals surface area contributed by atoms with Gasteiger partial charge in [-0.1, -0.05) is 60.7 Å². The summed E-state index contributed by atoms with van der Waals surface area (Å²) in [5.41, 5.74) is 5.48. The fraction of sp³-hybridized carbons (Fsp3) is 0.400. The second-order valence-corrected chi connectivity index (χ2v) is 7.85. The predicted molar refractivity (Wildman–Crippen MR) is 139 cm³/mol. The van der Waals surface area contributed by atoms with Gasteiger partial charge in [0.05, 0.1) is 13.2 Å². The van der Waals surface area contributed by atoms with E-state index in [-0.39, 0.29) is 24.0 Å². The molecule has 0 aromatic heterocycles. The van der Waals surface area contributed by atoms with Crippen LogP contribution in [0, 0.1) is 0 Å². The molecule has 4 rings (SSSR count). The summed E-state index contributed by atoms with van der Waals surface area (Å²) < 4.78 is 5.48. The average Bonchev–Trinajstić information content (AvgIpc) is 2.82. The topological polar surface area (TPSA) is 40.1 Å². The Kier molecular flexibility index (Phi) is 9.36. The molecule has 1 saturated heterocycles. The molecule has 0 unspecified atom stereocenters. The Bertz CT molecular complexity index is 878. The highest BCUT2D eigenvalue weighted by molar-refractivity contribution is 14.0. The molecule has 0 radical (unpaired) electrons. The molecular weight excluding hydrogens is 499 g/mol. The van der Waals surface area contributed by atoms with E-state index in [9.17, 15) is 0 Å². The number of rotatable bonds is 5. The summed E-state index contributed by atoms with van der Waals surface area (Å²) in [6, 6.07) is 19.4. The van der Waals surface area contributed by atoms with E-state index >= 15 is 0 Å². The quantitative estimate of drug-likeness (QED) is 0.359. The van der Waals surface area contributed by atoms with Gasteiger partial charge >= 0.3 is 0 Å². The van der Waals surface area contributed by atoms with Gasteiger partial charge in [-0.05, 0) is 28.7 Å². The summed E-state index contributed by atoms with van der Waals surface area (Å²) in [6.07, 6.45) is 3.37. The van der Waals surface area contributed by atoms with E-state index in [2.05, 4.69) is 80.8 Å². The molecule has 1 N–H and O–H groups in total. The van der Waals surface area contributed by atoms with Crippen molar-refractivity contribution >= 4 is 35.5 Å². The van der Waals surface area contributed by atoms with Gasteiger partial charge in [-0.25, -0.2) is 0 Å². The molecule has 6 heteroatoms. The van der Waals surface area contributed by atoms with Crippen LogP contribution in [0.3, 0.4) is 0 Å². The zero-order valence-electron chi connectivity index (χ0n) is 18.3. The van der Waals surface area contributed by atoms with E-state index in [4.69, 9.17) is 4.74 Å². The number of nitrogens with zero attached hydrogens (tertiary/aromatic N) is 3. The van der Waals surface area contributed by atoms with Crippen LogP contribution in [0.2, 0.25) is 0 Å². The first-order valence-corrected chi connectivity index (χ1v) is 10.9. The van der Waals surface area contributed by atoms with Crippen molar-refractivity contribution in [3.63, 3.8) is 0 Å². The molecule has 1 fully saturated rings. The number of guanidine groups is 1. The average molecular weight is 532 g/mol. The molecule has 2 heterocycles. The molecule has 0 aliphatic carbocycles. The van der Waals surface area contributed by atoms with Crippen LogP contribution in [-0.4, -0.2) is 62.2 Å². The van der Waals surface area contributed by atoms with Crippen LogP contribution >= 0.6 is 24.0 Å². The monoisotopic (exact) mass is 532 g/mol. The van der Waals surface area contributed by atoms with Gasteiger partial charge in [-0.2, -0.15) is 0 Å². The molecule has 0 atom stereocenters. The minimum absolute atomic E-state index is 0. The maximum atomic E-state index is 5.48. The Morgan fingerprint density at radius 1 is 0.968 bits per heavy atom. The van der Waals surface area contributed by atoms with E-state index in [0.29, 0.717) is 0 Å². The van der Waals surface area contributed by atoms with Gasteiger partial charge in [0.1, 0.15) is 0 Å². The highest BCUT2D eigenvalue weighted by atomic mass is 127. The zero-order chi connectivity index (χ0) is 20.6. The third kappa shape index (κ3) is 6.54. The van der Waals surface area contributed by atoms with Crippen molar-refractivity contribution in [1.82, 2.24) is 15.1 Å². The molecule has 2 aromatic carbocycles. The Balaban J connectivity index is 0.00000272. The lowest BCUT2D eigenvalue weighted by Crippen LogP contribution is -2.43. The van der Waals surface area contributed by atoms with Crippen molar-refractivity contribution in [2.75, 3.05) is 46.4 Å². The number of aliphatic imine (C=N–C) groups is 1. The summed E-state index contributed by atoms with van der Waals surface area (Å²) in [5.74, 6) is 0.972. The minimum Gasteiger partial charge on any atom is -0.379 e. The summed E-state index contributed by atoms with van der Waals surface area (Å²) in [5, 5.41) is 3.59. The van der Waals surface area contributed by atoms with E-state index in [1.807, 2.05) is 7.05 Å². The van der Waals surface area contributed by atoms with E-state index in [1.165, 1.54) is 22.3 Å². The number of hydrogen-bond donors (Lipinski definition) is 1. The van der Waals surface area contributed by atoms with E-state index in [0.717, 1.165) is 64.9 Å². The predicted octanol–water partition coefficient (Wildman–Crippen LogP) is 4.00. The lowest BCUT2D eigenvalue weighted by molar-refractivity contribution is 0.0341. The Labute approximate surface area is 203 Å². The maximum absolute atomic E-state index is 5.48. The van der Waals surface area contributed by atoms with Crippen molar-refractivity contribution in [3.05, 3.63) is 77.4 Å². The number of halogens is 1. The smallest absolute Gasteiger partial charge is 0.194 e. The van der Waals surface area contributed by atoms with E-state index in [1.54, 1.807) is 0 Å². The van der Waals surface area contributed by atoms with Gasteiger partial charge in [-0.15, -0.1) is 24.0 Å². The molecule has 31 heavy (non-hydrogen) atoms. The molecule has 2 aliphatic rings. The van der Waals surface area contributed by atoms with Crippen LogP contribution in [0.4, 0.5) is 0 Å². The summed E-state index contributed by atoms with van der Waals surface area (Å²) in [7, 11) is 1.87. The van der Waals surface area contributed by atoms with Crippen molar-refractivity contribution in [1.29, 1.82) is 0 Å². The number of hydrogen-bond acceptors (Lipinski definition) is 3. The second kappa shape index (κ2) is 12.2. The number of benzene rings is 2. The van der Waals surface area contributed by atoms with Crippen LogP contribution in [0.5, 0.6) is 0 Å². The summed E-state index contributed by atoms with van der Waals surface area (Å²) in [6.45, 7) is 7.32. The van der Waals surface area contributed by atoms with Crippen LogP contribution in [0.25, 0.3) is 5.57 Å². The maximum Gasteiger partial charge on any atom is 0.194 e. The third-order valence-electron chi connectivity index (χ3n) is 5.92. The van der Waals surface area contributed by atoms with Gasteiger partial charge in [0.2, 0.25) is 0 Å². The molecular formula is C25H33IN4O. The Morgan fingerprint density at radius 2 is 1.68 bits per heavy atom. The van der Waals surface area contributed by atoms with E-state index < -0.39 is 0 Å². The van der Waals surface area contributed by atoms with Crippen LogP contribution in [0.1, 0.15) is 23.1 Å². The summed E-state index contributed by atoms with van der Waals surface area (Å²) in [4.78, 5) is 9.35. The highest BCUT2D eigenvalue weighted by Gasteiger charge is 2.17. The molecule has 0 bridgehead atoms. The highest BCUT2D eigenvalue weighted by Crippen LogP contribution is 2.22. The molecule has 0 spiro atoms. The van der Waals surface area contributed by atoms with Crippen LogP contribution in [-0.2, 0) is 17.8 Å². The molecule has 0 saturated carbocycles. The van der Waals surface area contributed by atoms with Gasteiger partial charge in [-0.3, -0.25) is 9.89 Å². The molecule has 0 amide bonds. The van der Waals surface area contributed by atoms with Crippen molar-refractivity contribution in [2.45, 2.75) is 19.5 Å². The Hall–Kier alpha value is -1.90. The molecule has 5 nitrogen and oxygen atoms in total. The first kappa shape index (κ1) is 23.8. The van der Waals surface area contributed by atoms with Crippen LogP contribution < -0.4 is 5.32 Å². The number of ether oxygens (including phenoxy) is 1. The molecule has 2 aliphatic heterocycles. The van der Waals surface area contributed by atoms with Gasteiger partial charge in [0, 0.05) is 46.3 Å². The fourth-order valence-electron chi connectivity index (χ4n) is 4.17. The minimum atomic E-state index is 0. The number of morpholine rings is 1.